The number of aryl methyl sites for hydroxylation is 1. The Morgan fingerprint density at radius 2 is 2.00 bits per heavy atom. The lowest BCUT2D eigenvalue weighted by Gasteiger charge is -2.15. The summed E-state index contributed by atoms with van der Waals surface area (Å²) in [6.45, 7) is 6.15. The third kappa shape index (κ3) is 2.99. The molecule has 0 saturated carbocycles. The van der Waals surface area contributed by atoms with Gasteiger partial charge < -0.3 is 9.73 Å². The third-order valence-corrected chi connectivity index (χ3v) is 3.17. The SMILES string of the molecule is Cc1cccc(C(C)C)c1NC(=O)c1ccc(Cl)o1. The van der Waals surface area contributed by atoms with E-state index in [4.69, 9.17) is 16.0 Å². The van der Waals surface area contributed by atoms with E-state index in [-0.39, 0.29) is 16.9 Å². The molecule has 0 aliphatic rings. The first-order valence-electron chi connectivity index (χ1n) is 6.15. The number of furan rings is 1. The summed E-state index contributed by atoms with van der Waals surface area (Å²) in [7, 11) is 0. The van der Waals surface area contributed by atoms with Crippen LogP contribution in [-0.4, -0.2) is 5.91 Å². The van der Waals surface area contributed by atoms with Crippen LogP contribution < -0.4 is 5.32 Å². The summed E-state index contributed by atoms with van der Waals surface area (Å²) in [5, 5.41) is 3.11. The van der Waals surface area contributed by atoms with E-state index in [0.29, 0.717) is 5.92 Å². The minimum atomic E-state index is -0.289. The molecular weight excluding hydrogens is 262 g/mol. The molecule has 0 bridgehead atoms. The van der Waals surface area contributed by atoms with E-state index in [1.165, 1.54) is 0 Å². The molecule has 0 fully saturated rings. The molecule has 0 spiro atoms. The Bertz CT molecular complexity index is 602. The minimum absolute atomic E-state index is 0.207. The molecule has 0 unspecified atom stereocenters. The highest BCUT2D eigenvalue weighted by Crippen LogP contribution is 2.28. The summed E-state index contributed by atoms with van der Waals surface area (Å²) in [5.41, 5.74) is 2.97. The highest BCUT2D eigenvalue weighted by Gasteiger charge is 2.15. The van der Waals surface area contributed by atoms with Gasteiger partial charge in [-0.2, -0.15) is 0 Å². The van der Waals surface area contributed by atoms with Gasteiger partial charge >= 0.3 is 0 Å². The number of carbonyl (C=O) groups is 1. The molecule has 2 aromatic rings. The fourth-order valence-electron chi connectivity index (χ4n) is 1.95. The number of rotatable bonds is 3. The van der Waals surface area contributed by atoms with Crippen LogP contribution in [0.1, 0.15) is 41.4 Å². The van der Waals surface area contributed by atoms with E-state index >= 15 is 0 Å². The number of amides is 1. The third-order valence-electron chi connectivity index (χ3n) is 2.96. The maximum Gasteiger partial charge on any atom is 0.291 e. The normalized spacial score (nSPS) is 10.8. The van der Waals surface area contributed by atoms with Crippen LogP contribution >= 0.6 is 11.6 Å². The van der Waals surface area contributed by atoms with Crippen LogP contribution in [0.25, 0.3) is 0 Å². The molecular formula is C15H16ClNO2. The predicted octanol–water partition coefficient (Wildman–Crippen LogP) is 4.62. The molecule has 4 heteroatoms. The highest BCUT2D eigenvalue weighted by molar-refractivity contribution is 6.29. The molecule has 0 atom stereocenters. The van der Waals surface area contributed by atoms with Crippen molar-refractivity contribution in [2.75, 3.05) is 5.32 Å². The molecule has 1 heterocycles. The second-order valence-corrected chi connectivity index (χ2v) is 5.12. The van der Waals surface area contributed by atoms with Crippen molar-refractivity contribution in [2.45, 2.75) is 26.7 Å². The predicted molar refractivity (Wildman–Crippen MR) is 76.9 cm³/mol. The van der Waals surface area contributed by atoms with Gasteiger partial charge in [-0.05, 0) is 47.7 Å². The van der Waals surface area contributed by atoms with E-state index in [0.717, 1.165) is 16.8 Å². The van der Waals surface area contributed by atoms with Crippen LogP contribution in [0, 0.1) is 6.92 Å². The van der Waals surface area contributed by atoms with Crippen molar-refractivity contribution >= 4 is 23.2 Å². The fourth-order valence-corrected chi connectivity index (χ4v) is 2.10. The van der Waals surface area contributed by atoms with Gasteiger partial charge in [0.15, 0.2) is 11.0 Å². The van der Waals surface area contributed by atoms with Crippen molar-refractivity contribution in [2.24, 2.45) is 0 Å². The number of benzene rings is 1. The lowest BCUT2D eigenvalue weighted by Crippen LogP contribution is -2.14. The molecule has 0 saturated heterocycles. The molecule has 100 valence electrons. The van der Waals surface area contributed by atoms with E-state index in [2.05, 4.69) is 19.2 Å². The smallest absolute Gasteiger partial charge is 0.291 e. The molecule has 0 radical (unpaired) electrons. The van der Waals surface area contributed by atoms with Crippen LogP contribution in [0.5, 0.6) is 0 Å². The molecule has 19 heavy (non-hydrogen) atoms. The molecule has 3 nitrogen and oxygen atoms in total. The average Bonchev–Trinajstić information content (AvgIpc) is 2.78. The second-order valence-electron chi connectivity index (χ2n) is 4.75. The van der Waals surface area contributed by atoms with Crippen LogP contribution in [0.2, 0.25) is 5.22 Å². The number of para-hydroxylation sites is 1. The number of hydrogen-bond donors (Lipinski definition) is 1. The molecule has 2 rings (SSSR count). The Labute approximate surface area is 117 Å². The van der Waals surface area contributed by atoms with Gasteiger partial charge in [0.1, 0.15) is 0 Å². The zero-order valence-electron chi connectivity index (χ0n) is 11.2. The lowest BCUT2D eigenvalue weighted by molar-refractivity contribution is 0.0996. The first-order chi connectivity index (χ1) is 8.99. The van der Waals surface area contributed by atoms with Crippen molar-refractivity contribution in [3.8, 4) is 0 Å². The standard InChI is InChI=1S/C15H16ClNO2/c1-9(2)11-6-4-5-10(3)14(11)17-15(18)12-7-8-13(16)19-12/h4-9H,1-3H3,(H,17,18). The Morgan fingerprint density at radius 3 is 2.58 bits per heavy atom. The summed E-state index contributed by atoms with van der Waals surface area (Å²) in [5.74, 6) is 0.251. The number of nitrogens with one attached hydrogen (secondary N) is 1. The van der Waals surface area contributed by atoms with Gasteiger partial charge in [0.25, 0.3) is 5.91 Å². The van der Waals surface area contributed by atoms with Crippen LogP contribution in [-0.2, 0) is 0 Å². The van der Waals surface area contributed by atoms with Crippen LogP contribution in [0.3, 0.4) is 0 Å². The Balaban J connectivity index is 2.31. The van der Waals surface area contributed by atoms with Crippen LogP contribution in [0.4, 0.5) is 5.69 Å². The Kier molecular flexibility index (Phi) is 3.96. The summed E-state index contributed by atoms with van der Waals surface area (Å²) < 4.78 is 5.11. The summed E-state index contributed by atoms with van der Waals surface area (Å²) in [6.07, 6.45) is 0. The molecule has 1 N–H and O–H groups in total. The zero-order chi connectivity index (χ0) is 14.0. The highest BCUT2D eigenvalue weighted by atomic mass is 35.5. The zero-order valence-corrected chi connectivity index (χ0v) is 11.9. The first kappa shape index (κ1) is 13.7. The number of anilines is 1. The van der Waals surface area contributed by atoms with Gasteiger partial charge in [0.05, 0.1) is 0 Å². The van der Waals surface area contributed by atoms with Crippen molar-refractivity contribution in [1.29, 1.82) is 0 Å². The number of carbonyl (C=O) groups excluding carboxylic acids is 1. The fraction of sp³-hybridized carbons (Fsp3) is 0.267. The molecule has 1 aromatic heterocycles. The van der Waals surface area contributed by atoms with Gasteiger partial charge in [-0.3, -0.25) is 4.79 Å². The van der Waals surface area contributed by atoms with E-state index in [9.17, 15) is 4.79 Å². The summed E-state index contributed by atoms with van der Waals surface area (Å²) in [4.78, 5) is 12.1. The van der Waals surface area contributed by atoms with E-state index in [1.807, 2.05) is 25.1 Å². The molecule has 1 amide bonds. The summed E-state index contributed by atoms with van der Waals surface area (Å²) >= 11 is 5.67. The Hall–Kier alpha value is -1.74. The largest absolute Gasteiger partial charge is 0.440 e. The molecule has 0 aliphatic heterocycles. The van der Waals surface area contributed by atoms with Crippen LogP contribution in [0.15, 0.2) is 34.7 Å². The van der Waals surface area contributed by atoms with Gasteiger partial charge in [0, 0.05) is 5.69 Å². The maximum absolute atomic E-state index is 12.1. The Morgan fingerprint density at radius 1 is 1.26 bits per heavy atom. The first-order valence-corrected chi connectivity index (χ1v) is 6.53. The topological polar surface area (TPSA) is 42.2 Å². The van der Waals surface area contributed by atoms with Crippen molar-refractivity contribution in [3.05, 3.63) is 52.4 Å². The maximum atomic E-state index is 12.1. The number of halogens is 1. The monoisotopic (exact) mass is 277 g/mol. The minimum Gasteiger partial charge on any atom is -0.440 e. The average molecular weight is 278 g/mol. The summed E-state index contributed by atoms with van der Waals surface area (Å²) in [6, 6.07) is 9.09. The van der Waals surface area contributed by atoms with Gasteiger partial charge in [-0.25, -0.2) is 0 Å². The van der Waals surface area contributed by atoms with Crippen molar-refractivity contribution in [1.82, 2.24) is 0 Å². The van der Waals surface area contributed by atoms with Crippen molar-refractivity contribution < 1.29 is 9.21 Å². The second kappa shape index (κ2) is 5.49. The van der Waals surface area contributed by atoms with Gasteiger partial charge in [-0.15, -0.1) is 0 Å². The lowest BCUT2D eigenvalue weighted by atomic mass is 9.98. The van der Waals surface area contributed by atoms with Crippen molar-refractivity contribution in [3.63, 3.8) is 0 Å². The van der Waals surface area contributed by atoms with E-state index in [1.54, 1.807) is 12.1 Å². The molecule has 1 aromatic carbocycles. The quantitative estimate of drug-likeness (QED) is 0.890. The van der Waals surface area contributed by atoms with E-state index < -0.39 is 0 Å². The number of hydrogen-bond acceptors (Lipinski definition) is 2. The van der Waals surface area contributed by atoms with Gasteiger partial charge in [0.2, 0.25) is 0 Å². The molecule has 0 aliphatic carbocycles. The van der Waals surface area contributed by atoms with Gasteiger partial charge in [-0.1, -0.05) is 32.0 Å².